The number of ether oxygens (including phenoxy) is 3. The van der Waals surface area contributed by atoms with E-state index in [0.29, 0.717) is 32.2 Å². The number of nitro benzene ring substituents is 1. The Morgan fingerprint density at radius 1 is 1.35 bits per heavy atom. The lowest BCUT2D eigenvalue weighted by Gasteiger charge is -2.22. The minimum absolute atomic E-state index is 0.0506. The van der Waals surface area contributed by atoms with Crippen molar-refractivity contribution in [1.82, 2.24) is 0 Å². The van der Waals surface area contributed by atoms with Crippen molar-refractivity contribution in [3.8, 4) is 5.75 Å². The number of non-ortho nitro benzene ring substituents is 1. The number of hydrogen-bond acceptors (Lipinski definition) is 5. The van der Waals surface area contributed by atoms with Gasteiger partial charge in [0.25, 0.3) is 5.69 Å². The van der Waals surface area contributed by atoms with E-state index in [1.165, 1.54) is 12.1 Å². The lowest BCUT2D eigenvalue weighted by Crippen LogP contribution is -2.33. The summed E-state index contributed by atoms with van der Waals surface area (Å²) in [5, 5.41) is 10.4. The molecule has 1 aliphatic heterocycles. The second-order valence-corrected chi connectivity index (χ2v) is 3.63. The maximum absolute atomic E-state index is 10.4. The van der Waals surface area contributed by atoms with Crippen molar-refractivity contribution in [1.29, 1.82) is 0 Å². The Morgan fingerprint density at radius 2 is 2.12 bits per heavy atom. The van der Waals surface area contributed by atoms with Gasteiger partial charge in [0.1, 0.15) is 18.5 Å². The average Bonchev–Trinajstić information content (AvgIpc) is 2.38. The molecule has 1 aliphatic rings. The van der Waals surface area contributed by atoms with Crippen LogP contribution in [0.5, 0.6) is 5.75 Å². The van der Waals surface area contributed by atoms with E-state index < -0.39 is 4.92 Å². The van der Waals surface area contributed by atoms with Crippen LogP contribution in [0.2, 0.25) is 0 Å². The first-order valence-electron chi connectivity index (χ1n) is 5.32. The molecule has 6 nitrogen and oxygen atoms in total. The molecule has 92 valence electrons. The van der Waals surface area contributed by atoms with Crippen LogP contribution in [-0.2, 0) is 9.47 Å². The molecule has 1 heterocycles. The lowest BCUT2D eigenvalue weighted by atomic mass is 10.3. The van der Waals surface area contributed by atoms with Crippen molar-refractivity contribution < 1.29 is 19.1 Å². The summed E-state index contributed by atoms with van der Waals surface area (Å²) in [7, 11) is 0. The molecule has 0 aromatic heterocycles. The van der Waals surface area contributed by atoms with Gasteiger partial charge in [0.05, 0.1) is 24.7 Å². The van der Waals surface area contributed by atoms with Crippen LogP contribution in [-0.4, -0.2) is 37.5 Å². The van der Waals surface area contributed by atoms with Crippen molar-refractivity contribution in [2.75, 3.05) is 26.4 Å². The molecule has 1 aromatic rings. The van der Waals surface area contributed by atoms with E-state index >= 15 is 0 Å². The molecule has 0 spiro atoms. The molecule has 6 heteroatoms. The van der Waals surface area contributed by atoms with Crippen molar-refractivity contribution in [2.24, 2.45) is 0 Å². The highest BCUT2D eigenvalue weighted by atomic mass is 16.6. The molecule has 1 atom stereocenters. The third kappa shape index (κ3) is 3.40. The number of hydrogen-bond donors (Lipinski definition) is 0. The third-order valence-corrected chi connectivity index (χ3v) is 2.37. The van der Waals surface area contributed by atoms with Crippen molar-refractivity contribution in [2.45, 2.75) is 6.10 Å². The third-order valence-electron chi connectivity index (χ3n) is 2.37. The van der Waals surface area contributed by atoms with E-state index in [9.17, 15) is 10.1 Å². The van der Waals surface area contributed by atoms with E-state index in [4.69, 9.17) is 14.2 Å². The molecular weight excluding hydrogens is 226 g/mol. The van der Waals surface area contributed by atoms with Gasteiger partial charge in [-0.05, 0) is 12.1 Å². The van der Waals surface area contributed by atoms with Crippen LogP contribution in [0.4, 0.5) is 5.69 Å². The van der Waals surface area contributed by atoms with Gasteiger partial charge in [0.15, 0.2) is 0 Å². The van der Waals surface area contributed by atoms with Crippen LogP contribution in [0, 0.1) is 10.1 Å². The summed E-state index contributed by atoms with van der Waals surface area (Å²) in [5.74, 6) is 0.588. The summed E-state index contributed by atoms with van der Waals surface area (Å²) in [5.41, 5.74) is 0.0506. The molecule has 0 radical (unpaired) electrons. The predicted molar refractivity (Wildman–Crippen MR) is 59.2 cm³/mol. The smallest absolute Gasteiger partial charge is 0.269 e. The summed E-state index contributed by atoms with van der Waals surface area (Å²) in [6.45, 7) is 2.10. The van der Waals surface area contributed by atoms with Crippen LogP contribution >= 0.6 is 0 Å². The lowest BCUT2D eigenvalue weighted by molar-refractivity contribution is -0.384. The van der Waals surface area contributed by atoms with Crippen molar-refractivity contribution in [3.63, 3.8) is 0 Å². The summed E-state index contributed by atoms with van der Waals surface area (Å²) < 4.78 is 16.1. The zero-order valence-electron chi connectivity index (χ0n) is 9.20. The topological polar surface area (TPSA) is 70.8 Å². The van der Waals surface area contributed by atoms with Gasteiger partial charge in [-0.25, -0.2) is 0 Å². The van der Waals surface area contributed by atoms with Gasteiger partial charge in [-0.2, -0.15) is 0 Å². The largest absolute Gasteiger partial charge is 0.491 e. The molecule has 0 N–H and O–H groups in total. The SMILES string of the molecule is O=[N+]([O-])c1ccc(OC[C@@H]2COCCO2)cc1. The van der Waals surface area contributed by atoms with E-state index in [1.54, 1.807) is 12.1 Å². The predicted octanol–water partition coefficient (Wildman–Crippen LogP) is 1.39. The zero-order valence-corrected chi connectivity index (χ0v) is 9.20. The van der Waals surface area contributed by atoms with Crippen LogP contribution in [0.15, 0.2) is 24.3 Å². The maximum Gasteiger partial charge on any atom is 0.269 e. The fourth-order valence-electron chi connectivity index (χ4n) is 1.49. The average molecular weight is 239 g/mol. The second-order valence-electron chi connectivity index (χ2n) is 3.63. The van der Waals surface area contributed by atoms with Gasteiger partial charge < -0.3 is 14.2 Å². The molecular formula is C11H13NO5. The fraction of sp³-hybridized carbons (Fsp3) is 0.455. The van der Waals surface area contributed by atoms with Crippen LogP contribution in [0.1, 0.15) is 0 Å². The van der Waals surface area contributed by atoms with E-state index in [2.05, 4.69) is 0 Å². The Hall–Kier alpha value is -1.66. The quantitative estimate of drug-likeness (QED) is 0.586. The summed E-state index contributed by atoms with van der Waals surface area (Å²) >= 11 is 0. The molecule has 0 amide bonds. The summed E-state index contributed by atoms with van der Waals surface area (Å²) in [6.07, 6.45) is -0.0704. The Morgan fingerprint density at radius 3 is 2.71 bits per heavy atom. The molecule has 1 fully saturated rings. The van der Waals surface area contributed by atoms with Gasteiger partial charge in [-0.1, -0.05) is 0 Å². The molecule has 0 unspecified atom stereocenters. The van der Waals surface area contributed by atoms with E-state index in [-0.39, 0.29) is 11.8 Å². The van der Waals surface area contributed by atoms with Crippen LogP contribution in [0.3, 0.4) is 0 Å². The minimum atomic E-state index is -0.443. The van der Waals surface area contributed by atoms with Gasteiger partial charge in [-0.3, -0.25) is 10.1 Å². The molecule has 2 rings (SSSR count). The highest BCUT2D eigenvalue weighted by molar-refractivity contribution is 5.35. The Bertz CT molecular complexity index is 372. The van der Waals surface area contributed by atoms with Crippen LogP contribution in [0.25, 0.3) is 0 Å². The molecule has 0 aliphatic carbocycles. The van der Waals surface area contributed by atoms with E-state index in [1.807, 2.05) is 0 Å². The van der Waals surface area contributed by atoms with Gasteiger partial charge >= 0.3 is 0 Å². The second kappa shape index (κ2) is 5.60. The first-order chi connectivity index (χ1) is 8.25. The molecule has 0 bridgehead atoms. The Kier molecular flexibility index (Phi) is 3.89. The number of benzene rings is 1. The van der Waals surface area contributed by atoms with Crippen molar-refractivity contribution in [3.05, 3.63) is 34.4 Å². The van der Waals surface area contributed by atoms with Crippen LogP contribution < -0.4 is 4.74 Å². The Labute approximate surface area is 98.2 Å². The van der Waals surface area contributed by atoms with E-state index in [0.717, 1.165) is 0 Å². The fourth-order valence-corrected chi connectivity index (χ4v) is 1.49. The number of nitrogens with zero attached hydrogens (tertiary/aromatic N) is 1. The molecule has 1 saturated heterocycles. The molecule has 0 saturated carbocycles. The zero-order chi connectivity index (χ0) is 12.1. The van der Waals surface area contributed by atoms with Gasteiger partial charge in [0.2, 0.25) is 0 Å². The van der Waals surface area contributed by atoms with Crippen molar-refractivity contribution >= 4 is 5.69 Å². The standard InChI is InChI=1S/C11H13NO5/c13-12(14)9-1-3-10(4-2-9)17-8-11-7-15-5-6-16-11/h1-4,11H,5-8H2/t11-/m0/s1. The number of nitro groups is 1. The Balaban J connectivity index is 1.84. The first kappa shape index (κ1) is 11.8. The minimum Gasteiger partial charge on any atom is -0.491 e. The highest BCUT2D eigenvalue weighted by Crippen LogP contribution is 2.17. The van der Waals surface area contributed by atoms with Gasteiger partial charge in [0, 0.05) is 12.1 Å². The maximum atomic E-state index is 10.4. The first-order valence-corrected chi connectivity index (χ1v) is 5.32. The summed E-state index contributed by atoms with van der Waals surface area (Å²) in [6, 6.07) is 5.96. The monoisotopic (exact) mass is 239 g/mol. The van der Waals surface area contributed by atoms with Gasteiger partial charge in [-0.15, -0.1) is 0 Å². The highest BCUT2D eigenvalue weighted by Gasteiger charge is 2.15. The normalized spacial score (nSPS) is 19.9. The molecule has 17 heavy (non-hydrogen) atoms. The number of rotatable bonds is 4. The summed E-state index contributed by atoms with van der Waals surface area (Å²) in [4.78, 5) is 10.0. The molecule has 1 aromatic carbocycles.